The van der Waals surface area contributed by atoms with Crippen LogP contribution in [-0.4, -0.2) is 65.3 Å². The van der Waals surface area contributed by atoms with Crippen LogP contribution < -0.4 is 0 Å². The van der Waals surface area contributed by atoms with Gasteiger partial charge in [0, 0.05) is 18.1 Å². The van der Waals surface area contributed by atoms with Gasteiger partial charge in [-0.05, 0) is 30.0 Å². The van der Waals surface area contributed by atoms with Gasteiger partial charge in [-0.2, -0.15) is 16.9 Å². The molecule has 1 unspecified atom stereocenters. The zero-order valence-electron chi connectivity index (χ0n) is 11.1. The fourth-order valence-corrected chi connectivity index (χ4v) is 3.20. The Balaban J connectivity index is 2.13. The van der Waals surface area contributed by atoms with Crippen LogP contribution in [0.1, 0.15) is 10.5 Å². The lowest BCUT2D eigenvalue weighted by atomic mass is 10.2. The van der Waals surface area contributed by atoms with E-state index in [1.165, 1.54) is 0 Å². The second-order valence-corrected chi connectivity index (χ2v) is 6.67. The zero-order chi connectivity index (χ0) is 13.8. The maximum atomic E-state index is 12.5. The van der Waals surface area contributed by atoms with Crippen molar-refractivity contribution in [3.63, 3.8) is 0 Å². The third-order valence-corrected chi connectivity index (χ3v) is 4.47. The van der Waals surface area contributed by atoms with Gasteiger partial charge in [0.15, 0.2) is 0 Å². The zero-order valence-corrected chi connectivity index (χ0v) is 13.5. The minimum atomic E-state index is -0.343. The van der Waals surface area contributed by atoms with Crippen molar-refractivity contribution in [1.82, 2.24) is 14.7 Å². The molecule has 0 aromatic carbocycles. The average molecular weight is 348 g/mol. The van der Waals surface area contributed by atoms with Crippen LogP contribution in [-0.2, 0) is 11.3 Å². The predicted octanol–water partition coefficient (Wildman–Crippen LogP) is 1.52. The number of likely N-dealkylation sites (N-methyl/N-ethyl adjacent to an activating group) is 1. The van der Waals surface area contributed by atoms with Gasteiger partial charge in [-0.25, -0.2) is 0 Å². The van der Waals surface area contributed by atoms with Gasteiger partial charge in [0.1, 0.15) is 11.8 Å². The largest absolute Gasteiger partial charge is 0.368 e. The van der Waals surface area contributed by atoms with Crippen molar-refractivity contribution in [3.8, 4) is 0 Å². The van der Waals surface area contributed by atoms with E-state index in [4.69, 9.17) is 4.74 Å². The molecular weight excluding hydrogens is 330 g/mol. The molecule has 0 N–H and O–H groups in total. The number of Topliss-reactive ketones (excluding diaryl/α,β-unsaturated/α-hetero) is 1. The van der Waals surface area contributed by atoms with Crippen molar-refractivity contribution in [1.29, 1.82) is 0 Å². The Kier molecular flexibility index (Phi) is 5.44. The third-order valence-electron chi connectivity index (χ3n) is 2.90. The summed E-state index contributed by atoms with van der Waals surface area (Å²) in [5, 5.41) is 4.26. The van der Waals surface area contributed by atoms with Crippen LogP contribution in [0.15, 0.2) is 10.7 Å². The molecular formula is C12H18BrN3O2S. The molecule has 2 rings (SSSR count). The van der Waals surface area contributed by atoms with Crippen LogP contribution in [0.5, 0.6) is 0 Å². The summed E-state index contributed by atoms with van der Waals surface area (Å²) < 4.78 is 8.06. The topological polar surface area (TPSA) is 47.4 Å². The number of nitrogens with zero attached hydrogens (tertiary/aromatic N) is 3. The van der Waals surface area contributed by atoms with E-state index >= 15 is 0 Å². The van der Waals surface area contributed by atoms with Gasteiger partial charge in [0.05, 0.1) is 23.8 Å². The molecule has 0 spiro atoms. The van der Waals surface area contributed by atoms with Crippen LogP contribution in [0, 0.1) is 0 Å². The van der Waals surface area contributed by atoms with Gasteiger partial charge in [0.2, 0.25) is 5.78 Å². The summed E-state index contributed by atoms with van der Waals surface area (Å²) >= 11 is 5.17. The quantitative estimate of drug-likeness (QED) is 0.755. The summed E-state index contributed by atoms with van der Waals surface area (Å²) in [6.07, 6.45) is 1.34. The van der Waals surface area contributed by atoms with Crippen molar-refractivity contribution in [2.45, 2.75) is 12.6 Å². The van der Waals surface area contributed by atoms with Crippen molar-refractivity contribution >= 4 is 33.5 Å². The number of aromatic nitrogens is 2. The second kappa shape index (κ2) is 6.88. The number of ether oxygens (including phenoxy) is 1. The van der Waals surface area contributed by atoms with E-state index in [2.05, 4.69) is 25.9 Å². The SMILES string of the molecule is CN(C)CCn1ncc(Br)c1C(=O)C1CSCCO1. The highest BCUT2D eigenvalue weighted by molar-refractivity contribution is 9.10. The molecule has 1 atom stereocenters. The summed E-state index contributed by atoms with van der Waals surface area (Å²) in [7, 11) is 4.00. The number of hydrogen-bond donors (Lipinski definition) is 0. The lowest BCUT2D eigenvalue weighted by Gasteiger charge is -2.21. The molecule has 2 heterocycles. The van der Waals surface area contributed by atoms with E-state index in [-0.39, 0.29) is 11.9 Å². The molecule has 7 heteroatoms. The van der Waals surface area contributed by atoms with Gasteiger partial charge < -0.3 is 9.64 Å². The van der Waals surface area contributed by atoms with Crippen molar-refractivity contribution in [3.05, 3.63) is 16.4 Å². The summed E-state index contributed by atoms with van der Waals surface area (Å²) in [4.78, 5) is 14.6. The molecule has 1 aliphatic rings. The molecule has 1 aromatic heterocycles. The molecule has 1 aromatic rings. The molecule has 1 saturated heterocycles. The van der Waals surface area contributed by atoms with E-state index in [1.807, 2.05) is 14.1 Å². The van der Waals surface area contributed by atoms with Gasteiger partial charge in [-0.15, -0.1) is 0 Å². The Bertz CT molecular complexity index is 444. The summed E-state index contributed by atoms with van der Waals surface area (Å²) in [6.45, 7) is 2.18. The Hall–Kier alpha value is -0.370. The number of ketones is 1. The number of rotatable bonds is 5. The number of hydrogen-bond acceptors (Lipinski definition) is 5. The lowest BCUT2D eigenvalue weighted by Crippen LogP contribution is -2.33. The minimum Gasteiger partial charge on any atom is -0.368 e. The van der Waals surface area contributed by atoms with Gasteiger partial charge >= 0.3 is 0 Å². The van der Waals surface area contributed by atoms with Gasteiger partial charge in [-0.1, -0.05) is 0 Å². The number of carbonyl (C=O) groups is 1. The van der Waals surface area contributed by atoms with Crippen LogP contribution in [0.3, 0.4) is 0 Å². The maximum Gasteiger partial charge on any atom is 0.211 e. The molecule has 0 amide bonds. The fraction of sp³-hybridized carbons (Fsp3) is 0.667. The highest BCUT2D eigenvalue weighted by atomic mass is 79.9. The first kappa shape index (κ1) is 15.0. The molecule has 1 fully saturated rings. The molecule has 106 valence electrons. The average Bonchev–Trinajstić information content (AvgIpc) is 2.78. The van der Waals surface area contributed by atoms with Crippen LogP contribution in [0.4, 0.5) is 0 Å². The second-order valence-electron chi connectivity index (χ2n) is 4.67. The number of halogens is 1. The van der Waals surface area contributed by atoms with Gasteiger partial charge in [-0.3, -0.25) is 9.48 Å². The Morgan fingerprint density at radius 2 is 2.47 bits per heavy atom. The highest BCUT2D eigenvalue weighted by Gasteiger charge is 2.28. The standard InChI is InChI=1S/C12H18BrN3O2S/c1-15(2)3-4-16-11(9(13)7-14-16)12(17)10-8-19-6-5-18-10/h7,10H,3-6,8H2,1-2H3. The molecule has 0 bridgehead atoms. The molecule has 0 radical (unpaired) electrons. The van der Waals surface area contributed by atoms with E-state index in [1.54, 1.807) is 22.6 Å². The summed E-state index contributed by atoms with van der Waals surface area (Å²) in [5.41, 5.74) is 0.620. The Morgan fingerprint density at radius 1 is 1.68 bits per heavy atom. The lowest BCUT2D eigenvalue weighted by molar-refractivity contribution is 0.0507. The van der Waals surface area contributed by atoms with Gasteiger partial charge in [0.25, 0.3) is 0 Å². The summed E-state index contributed by atoms with van der Waals surface area (Å²) in [6, 6.07) is 0. The molecule has 5 nitrogen and oxygen atoms in total. The first-order chi connectivity index (χ1) is 9.09. The third kappa shape index (κ3) is 3.81. The highest BCUT2D eigenvalue weighted by Crippen LogP contribution is 2.22. The van der Waals surface area contributed by atoms with Crippen LogP contribution in [0.2, 0.25) is 0 Å². The Morgan fingerprint density at radius 3 is 3.11 bits per heavy atom. The first-order valence-electron chi connectivity index (χ1n) is 6.19. The number of thioether (sulfide) groups is 1. The first-order valence-corrected chi connectivity index (χ1v) is 8.14. The van der Waals surface area contributed by atoms with E-state index in [0.717, 1.165) is 22.5 Å². The maximum absolute atomic E-state index is 12.5. The molecule has 0 aliphatic carbocycles. The molecule has 19 heavy (non-hydrogen) atoms. The van der Waals surface area contributed by atoms with E-state index in [9.17, 15) is 4.79 Å². The van der Waals surface area contributed by atoms with Crippen molar-refractivity contribution in [2.24, 2.45) is 0 Å². The molecule has 0 saturated carbocycles. The number of carbonyl (C=O) groups excluding carboxylic acids is 1. The Labute approximate surface area is 125 Å². The normalized spacial score (nSPS) is 19.9. The van der Waals surface area contributed by atoms with E-state index < -0.39 is 0 Å². The summed E-state index contributed by atoms with van der Waals surface area (Å²) in [5.74, 6) is 1.71. The van der Waals surface area contributed by atoms with E-state index in [0.29, 0.717) is 18.8 Å². The predicted molar refractivity (Wildman–Crippen MR) is 79.9 cm³/mol. The fourth-order valence-electron chi connectivity index (χ4n) is 1.86. The smallest absolute Gasteiger partial charge is 0.211 e. The molecule has 1 aliphatic heterocycles. The van der Waals surface area contributed by atoms with Crippen molar-refractivity contribution < 1.29 is 9.53 Å². The van der Waals surface area contributed by atoms with Crippen molar-refractivity contribution in [2.75, 3.05) is 38.8 Å². The monoisotopic (exact) mass is 347 g/mol. The van der Waals surface area contributed by atoms with Crippen LogP contribution >= 0.6 is 27.7 Å². The minimum absolute atomic E-state index is 0.0235. The van der Waals surface area contributed by atoms with Crippen LogP contribution in [0.25, 0.3) is 0 Å².